The zero-order valence-corrected chi connectivity index (χ0v) is 11.9. The number of sulfonamides is 1. The van der Waals surface area contributed by atoms with Gasteiger partial charge in [0, 0.05) is 0 Å². The highest BCUT2D eigenvalue weighted by Gasteiger charge is 2.42. The van der Waals surface area contributed by atoms with Gasteiger partial charge in [-0.05, 0) is 38.8 Å². The first-order valence-electron chi connectivity index (χ1n) is 6.03. The van der Waals surface area contributed by atoms with Gasteiger partial charge in [0.25, 0.3) is 0 Å². The van der Waals surface area contributed by atoms with Crippen LogP contribution in [0.5, 0.6) is 0 Å². The van der Waals surface area contributed by atoms with Crippen LogP contribution in [-0.4, -0.2) is 19.2 Å². The summed E-state index contributed by atoms with van der Waals surface area (Å²) in [5.41, 5.74) is 1.85. The summed E-state index contributed by atoms with van der Waals surface area (Å²) < 4.78 is 26.0. The van der Waals surface area contributed by atoms with E-state index in [1.807, 2.05) is 24.3 Å². The van der Waals surface area contributed by atoms with E-state index in [0.717, 1.165) is 11.3 Å². The Morgan fingerprint density at radius 2 is 1.94 bits per heavy atom. The lowest BCUT2D eigenvalue weighted by Gasteiger charge is -2.32. The minimum absolute atomic E-state index is 0.174. The van der Waals surface area contributed by atoms with Crippen molar-refractivity contribution in [2.45, 2.75) is 38.0 Å². The van der Waals surface area contributed by atoms with Crippen LogP contribution in [0.2, 0.25) is 0 Å². The lowest BCUT2D eigenvalue weighted by molar-refractivity contribution is 0.552. The van der Waals surface area contributed by atoms with Crippen molar-refractivity contribution in [1.82, 2.24) is 0 Å². The van der Waals surface area contributed by atoms with Crippen LogP contribution in [0.1, 0.15) is 26.3 Å². The van der Waals surface area contributed by atoms with E-state index in [4.69, 9.17) is 0 Å². The smallest absolute Gasteiger partial charge is 0.240 e. The van der Waals surface area contributed by atoms with E-state index < -0.39 is 14.8 Å². The van der Waals surface area contributed by atoms with Crippen LogP contribution in [0, 0.1) is 0 Å². The number of hydrogen-bond donors (Lipinski definition) is 0. The summed E-state index contributed by atoms with van der Waals surface area (Å²) in [5.74, 6) is 0. The predicted molar refractivity (Wildman–Crippen MR) is 75.3 cm³/mol. The molecule has 0 unspecified atom stereocenters. The Balaban J connectivity index is 2.59. The lowest BCUT2D eigenvalue weighted by Crippen LogP contribution is -2.46. The first kappa shape index (κ1) is 13.1. The minimum Gasteiger partial charge on any atom is -0.262 e. The normalized spacial score (nSPS) is 19.7. The number of nitrogens with zero attached hydrogens (tertiary/aromatic N) is 1. The van der Waals surface area contributed by atoms with Crippen LogP contribution in [0.25, 0.3) is 0 Å². The third-order valence-corrected chi connectivity index (χ3v) is 5.80. The highest BCUT2D eigenvalue weighted by molar-refractivity contribution is 7.94. The van der Waals surface area contributed by atoms with E-state index in [-0.39, 0.29) is 6.04 Å². The summed E-state index contributed by atoms with van der Waals surface area (Å²) in [7, 11) is -3.39. The van der Waals surface area contributed by atoms with Crippen molar-refractivity contribution in [1.29, 1.82) is 0 Å². The number of anilines is 1. The van der Waals surface area contributed by atoms with Crippen LogP contribution < -0.4 is 4.31 Å². The van der Waals surface area contributed by atoms with Crippen LogP contribution in [-0.2, 0) is 16.4 Å². The maximum absolute atomic E-state index is 12.7. The molecule has 0 amide bonds. The Morgan fingerprint density at radius 1 is 1.33 bits per heavy atom. The van der Waals surface area contributed by atoms with Crippen molar-refractivity contribution in [3.05, 3.63) is 42.5 Å². The summed E-state index contributed by atoms with van der Waals surface area (Å²) in [4.78, 5) is 0. The largest absolute Gasteiger partial charge is 0.262 e. The highest BCUT2D eigenvalue weighted by atomic mass is 32.2. The molecule has 1 aliphatic heterocycles. The first-order chi connectivity index (χ1) is 8.29. The van der Waals surface area contributed by atoms with E-state index in [9.17, 15) is 8.42 Å². The molecule has 4 heteroatoms. The molecule has 98 valence electrons. The monoisotopic (exact) mass is 265 g/mol. The lowest BCUT2D eigenvalue weighted by atomic mass is 10.1. The van der Waals surface area contributed by atoms with Crippen LogP contribution >= 0.6 is 0 Å². The SMILES string of the molecule is C=C[C@@H]1Cc2ccccc2N1S(=O)(=O)C(C)(C)C. The molecule has 0 aliphatic carbocycles. The Morgan fingerprint density at radius 3 is 2.50 bits per heavy atom. The van der Waals surface area contributed by atoms with Crippen LogP contribution in [0.3, 0.4) is 0 Å². The molecule has 1 aromatic carbocycles. The Hall–Kier alpha value is -1.29. The minimum atomic E-state index is -3.39. The molecular weight excluding hydrogens is 246 g/mol. The summed E-state index contributed by atoms with van der Waals surface area (Å²) in [5, 5.41) is 0. The van der Waals surface area contributed by atoms with Gasteiger partial charge in [0.2, 0.25) is 10.0 Å². The third kappa shape index (κ3) is 1.85. The second-order valence-electron chi connectivity index (χ2n) is 5.55. The maximum Gasteiger partial charge on any atom is 0.240 e. The molecule has 0 aromatic heterocycles. The quantitative estimate of drug-likeness (QED) is 0.771. The second kappa shape index (κ2) is 4.12. The van der Waals surface area contributed by atoms with E-state index in [1.165, 1.54) is 4.31 Å². The molecule has 0 radical (unpaired) electrons. The summed E-state index contributed by atoms with van der Waals surface area (Å²) in [6.45, 7) is 8.94. The Labute approximate surface area is 109 Å². The second-order valence-corrected chi connectivity index (χ2v) is 8.12. The van der Waals surface area contributed by atoms with Gasteiger partial charge >= 0.3 is 0 Å². The molecule has 1 heterocycles. The van der Waals surface area contributed by atoms with Crippen molar-refractivity contribution in [3.63, 3.8) is 0 Å². The fourth-order valence-corrected chi connectivity index (χ4v) is 3.71. The summed E-state index contributed by atoms with van der Waals surface area (Å²) in [6.07, 6.45) is 2.41. The molecule has 2 rings (SSSR count). The molecule has 1 atom stereocenters. The van der Waals surface area contributed by atoms with Crippen LogP contribution in [0.15, 0.2) is 36.9 Å². The number of fused-ring (bicyclic) bond motifs is 1. The molecule has 1 aliphatic rings. The topological polar surface area (TPSA) is 37.4 Å². The van der Waals surface area contributed by atoms with Gasteiger partial charge in [0.05, 0.1) is 16.5 Å². The average Bonchev–Trinajstić information content (AvgIpc) is 2.66. The maximum atomic E-state index is 12.7. The van der Waals surface area contributed by atoms with Gasteiger partial charge in [-0.1, -0.05) is 24.3 Å². The standard InChI is InChI=1S/C14H19NO2S/c1-5-12-10-11-8-6-7-9-13(11)15(12)18(16,17)14(2,3)4/h5-9,12H,1,10H2,2-4H3/t12-/m1/s1. The molecule has 0 saturated carbocycles. The predicted octanol–water partition coefficient (Wildman–Crippen LogP) is 2.73. The van der Waals surface area contributed by atoms with Crippen molar-refractivity contribution in [3.8, 4) is 0 Å². The van der Waals surface area contributed by atoms with Gasteiger partial charge in [-0.15, -0.1) is 6.58 Å². The Kier molecular flexibility index (Phi) is 3.01. The zero-order chi connectivity index (χ0) is 13.6. The number of hydrogen-bond acceptors (Lipinski definition) is 2. The molecule has 0 spiro atoms. The average molecular weight is 265 g/mol. The Bertz CT molecular complexity index is 570. The molecule has 0 bridgehead atoms. The van der Waals surface area contributed by atoms with Gasteiger partial charge in [0.15, 0.2) is 0 Å². The fraction of sp³-hybridized carbons (Fsp3) is 0.429. The van der Waals surface area contributed by atoms with Crippen molar-refractivity contribution in [2.24, 2.45) is 0 Å². The fourth-order valence-electron chi connectivity index (χ4n) is 2.17. The van der Waals surface area contributed by atoms with E-state index in [0.29, 0.717) is 6.42 Å². The molecule has 0 saturated heterocycles. The van der Waals surface area contributed by atoms with E-state index in [2.05, 4.69) is 6.58 Å². The van der Waals surface area contributed by atoms with Gasteiger partial charge in [-0.3, -0.25) is 4.31 Å². The third-order valence-electron chi connectivity index (χ3n) is 3.26. The van der Waals surface area contributed by atoms with Crippen molar-refractivity contribution >= 4 is 15.7 Å². The molecule has 1 aromatic rings. The van der Waals surface area contributed by atoms with E-state index >= 15 is 0 Å². The van der Waals surface area contributed by atoms with Crippen molar-refractivity contribution < 1.29 is 8.42 Å². The highest BCUT2D eigenvalue weighted by Crippen LogP contribution is 2.38. The van der Waals surface area contributed by atoms with Gasteiger partial charge in [-0.2, -0.15) is 0 Å². The first-order valence-corrected chi connectivity index (χ1v) is 7.47. The molecular formula is C14H19NO2S. The van der Waals surface area contributed by atoms with Crippen LogP contribution in [0.4, 0.5) is 5.69 Å². The molecule has 0 N–H and O–H groups in total. The number of para-hydroxylation sites is 1. The van der Waals surface area contributed by atoms with Gasteiger partial charge in [-0.25, -0.2) is 8.42 Å². The zero-order valence-electron chi connectivity index (χ0n) is 11.1. The van der Waals surface area contributed by atoms with Gasteiger partial charge < -0.3 is 0 Å². The van der Waals surface area contributed by atoms with E-state index in [1.54, 1.807) is 26.8 Å². The summed E-state index contributed by atoms with van der Waals surface area (Å²) >= 11 is 0. The van der Waals surface area contributed by atoms with Gasteiger partial charge in [0.1, 0.15) is 0 Å². The summed E-state index contributed by atoms with van der Waals surface area (Å²) in [6, 6.07) is 7.47. The molecule has 18 heavy (non-hydrogen) atoms. The molecule has 0 fully saturated rings. The van der Waals surface area contributed by atoms with Crippen molar-refractivity contribution in [2.75, 3.05) is 4.31 Å². The number of rotatable bonds is 2. The number of benzene rings is 1. The molecule has 3 nitrogen and oxygen atoms in total.